The van der Waals surface area contributed by atoms with Crippen molar-refractivity contribution >= 4 is 23.6 Å². The van der Waals surface area contributed by atoms with E-state index in [1.165, 1.54) is 7.11 Å². The van der Waals surface area contributed by atoms with Crippen LogP contribution in [0.15, 0.2) is 59.6 Å². The summed E-state index contributed by atoms with van der Waals surface area (Å²) >= 11 is 1.68. The second-order valence-electron chi connectivity index (χ2n) is 7.83. The number of carbonyl (C=O) groups excluding carboxylic acids is 2. The second-order valence-corrected chi connectivity index (χ2v) is 8.71. The lowest BCUT2D eigenvalue weighted by Gasteiger charge is -2.20. The summed E-state index contributed by atoms with van der Waals surface area (Å²) in [5.41, 5.74) is 3.20. The van der Waals surface area contributed by atoms with E-state index < -0.39 is 0 Å². The number of hydrogen-bond donors (Lipinski definition) is 1. The molecule has 0 saturated heterocycles. The molecule has 7 nitrogen and oxygen atoms in total. The Morgan fingerprint density at radius 3 is 2.84 bits per heavy atom. The molecular formula is C24H26N4O3S. The number of rotatable bonds is 7. The van der Waals surface area contributed by atoms with Crippen LogP contribution in [0.3, 0.4) is 0 Å². The van der Waals surface area contributed by atoms with Gasteiger partial charge >= 0.3 is 5.97 Å². The van der Waals surface area contributed by atoms with E-state index in [4.69, 9.17) is 4.74 Å². The van der Waals surface area contributed by atoms with Gasteiger partial charge in [0.25, 0.3) is 5.91 Å². The third kappa shape index (κ3) is 4.85. The van der Waals surface area contributed by atoms with Gasteiger partial charge in [-0.2, -0.15) is 0 Å². The highest BCUT2D eigenvalue weighted by atomic mass is 32.2. The number of thioether (sulfide) groups is 1. The number of benzene rings is 2. The highest BCUT2D eigenvalue weighted by Crippen LogP contribution is 2.27. The Balaban J connectivity index is 1.50. The van der Waals surface area contributed by atoms with Gasteiger partial charge in [-0.1, -0.05) is 42.0 Å². The molecule has 166 valence electrons. The molecule has 1 heterocycles. The van der Waals surface area contributed by atoms with Crippen LogP contribution >= 0.6 is 11.8 Å². The summed E-state index contributed by atoms with van der Waals surface area (Å²) in [6.45, 7) is 0.421. The van der Waals surface area contributed by atoms with Crippen LogP contribution in [0, 0.1) is 5.92 Å². The number of methoxy groups -OCH3 is 1. The molecule has 1 aliphatic carbocycles. The lowest BCUT2D eigenvalue weighted by atomic mass is 10.0. The molecule has 1 aliphatic rings. The van der Waals surface area contributed by atoms with Gasteiger partial charge in [-0.25, -0.2) is 4.68 Å². The molecule has 1 N–H and O–H groups in total. The second kappa shape index (κ2) is 9.99. The maximum absolute atomic E-state index is 13.1. The molecule has 0 unspecified atom stereocenters. The molecule has 0 radical (unpaired) electrons. The van der Waals surface area contributed by atoms with Crippen molar-refractivity contribution in [1.29, 1.82) is 0 Å². The summed E-state index contributed by atoms with van der Waals surface area (Å²) in [4.78, 5) is 26.2. The molecule has 0 spiro atoms. The van der Waals surface area contributed by atoms with Gasteiger partial charge in [0.2, 0.25) is 0 Å². The van der Waals surface area contributed by atoms with Gasteiger partial charge in [0, 0.05) is 22.1 Å². The molecule has 0 bridgehead atoms. The fourth-order valence-corrected chi connectivity index (χ4v) is 4.62. The summed E-state index contributed by atoms with van der Waals surface area (Å²) < 4.78 is 6.63. The highest BCUT2D eigenvalue weighted by Gasteiger charge is 2.35. The molecule has 8 heteroatoms. The van der Waals surface area contributed by atoms with Crippen molar-refractivity contribution in [1.82, 2.24) is 20.3 Å². The van der Waals surface area contributed by atoms with E-state index in [0.29, 0.717) is 12.1 Å². The molecule has 1 aromatic heterocycles. The SMILES string of the molecule is COC(=O)[C@H]1CCC[C@H]1NC(=O)c1ccccc1Cn1cc(-c2cccc(SC)c2)nn1. The van der Waals surface area contributed by atoms with E-state index in [0.717, 1.165) is 41.0 Å². The minimum Gasteiger partial charge on any atom is -0.469 e. The Bertz CT molecular complexity index is 1110. The number of carbonyl (C=O) groups is 2. The van der Waals surface area contributed by atoms with Crippen LogP contribution in [0.2, 0.25) is 0 Å². The summed E-state index contributed by atoms with van der Waals surface area (Å²) in [6, 6.07) is 15.4. The molecule has 1 saturated carbocycles. The predicted molar refractivity (Wildman–Crippen MR) is 123 cm³/mol. The van der Waals surface area contributed by atoms with Crippen LogP contribution < -0.4 is 5.32 Å². The number of nitrogens with zero attached hydrogens (tertiary/aromatic N) is 3. The Labute approximate surface area is 191 Å². The van der Waals surface area contributed by atoms with E-state index in [-0.39, 0.29) is 23.8 Å². The number of hydrogen-bond acceptors (Lipinski definition) is 6. The minimum absolute atomic E-state index is 0.186. The fraction of sp³-hybridized carbons (Fsp3) is 0.333. The molecule has 32 heavy (non-hydrogen) atoms. The minimum atomic E-state index is -0.286. The molecular weight excluding hydrogens is 424 g/mol. The average Bonchev–Trinajstić information content (AvgIpc) is 3.48. The number of nitrogens with one attached hydrogen (secondary N) is 1. The summed E-state index contributed by atoms with van der Waals surface area (Å²) in [5, 5.41) is 11.6. The Morgan fingerprint density at radius 1 is 1.19 bits per heavy atom. The van der Waals surface area contributed by atoms with E-state index in [1.807, 2.05) is 42.8 Å². The number of amides is 1. The van der Waals surface area contributed by atoms with Crippen molar-refractivity contribution in [3.63, 3.8) is 0 Å². The number of ether oxygens (including phenoxy) is 1. The van der Waals surface area contributed by atoms with Crippen LogP contribution in [0.25, 0.3) is 11.3 Å². The topological polar surface area (TPSA) is 86.1 Å². The molecule has 2 atom stereocenters. The summed E-state index contributed by atoms with van der Waals surface area (Å²) in [5.74, 6) is -0.734. The Morgan fingerprint density at radius 2 is 2.03 bits per heavy atom. The standard InChI is InChI=1S/C24H26N4O3S/c1-31-24(30)20-11-6-12-21(20)25-23(29)19-10-4-3-7-17(19)14-28-15-22(26-27-28)16-8-5-9-18(13-16)32-2/h3-5,7-10,13,15,20-21H,6,11-12,14H2,1-2H3,(H,25,29)/t20-,21+/m0/s1. The molecule has 1 fully saturated rings. The van der Waals surface area contributed by atoms with Gasteiger partial charge in [-0.3, -0.25) is 9.59 Å². The van der Waals surface area contributed by atoms with Gasteiger partial charge in [0.15, 0.2) is 0 Å². The lowest BCUT2D eigenvalue weighted by molar-refractivity contribution is -0.145. The Kier molecular flexibility index (Phi) is 6.90. The molecule has 1 amide bonds. The third-order valence-electron chi connectivity index (χ3n) is 5.83. The quantitative estimate of drug-likeness (QED) is 0.435. The van der Waals surface area contributed by atoms with Gasteiger partial charge in [-0.05, 0) is 42.9 Å². The maximum atomic E-state index is 13.1. The normalized spacial score (nSPS) is 17.8. The van der Waals surface area contributed by atoms with Crippen LogP contribution in [-0.4, -0.2) is 46.3 Å². The van der Waals surface area contributed by atoms with Gasteiger partial charge in [0.1, 0.15) is 5.69 Å². The molecule has 4 rings (SSSR count). The van der Waals surface area contributed by atoms with Crippen LogP contribution in [-0.2, 0) is 16.1 Å². The first kappa shape index (κ1) is 22.1. The highest BCUT2D eigenvalue weighted by molar-refractivity contribution is 7.98. The number of aromatic nitrogens is 3. The predicted octanol–water partition coefficient (Wildman–Crippen LogP) is 3.79. The van der Waals surface area contributed by atoms with Crippen molar-refractivity contribution in [3.05, 3.63) is 65.9 Å². The Hall–Kier alpha value is -3.13. The first-order chi connectivity index (χ1) is 15.6. The lowest BCUT2D eigenvalue weighted by Crippen LogP contribution is -2.40. The maximum Gasteiger partial charge on any atom is 0.310 e. The first-order valence-corrected chi connectivity index (χ1v) is 11.8. The zero-order valence-corrected chi connectivity index (χ0v) is 19.0. The van der Waals surface area contributed by atoms with E-state index in [1.54, 1.807) is 22.5 Å². The monoisotopic (exact) mass is 450 g/mol. The van der Waals surface area contributed by atoms with Gasteiger partial charge in [0.05, 0.1) is 25.8 Å². The molecule has 2 aromatic carbocycles. The van der Waals surface area contributed by atoms with Crippen molar-refractivity contribution in [2.75, 3.05) is 13.4 Å². The zero-order valence-electron chi connectivity index (χ0n) is 18.2. The molecule has 3 aromatic rings. The van der Waals surface area contributed by atoms with Crippen molar-refractivity contribution < 1.29 is 14.3 Å². The smallest absolute Gasteiger partial charge is 0.310 e. The van der Waals surface area contributed by atoms with Crippen molar-refractivity contribution in [3.8, 4) is 11.3 Å². The van der Waals surface area contributed by atoms with Gasteiger partial charge in [-0.15, -0.1) is 16.9 Å². The summed E-state index contributed by atoms with van der Waals surface area (Å²) in [7, 11) is 1.39. The zero-order chi connectivity index (χ0) is 22.5. The first-order valence-electron chi connectivity index (χ1n) is 10.6. The fourth-order valence-electron chi connectivity index (χ4n) is 4.16. The van der Waals surface area contributed by atoms with E-state index in [2.05, 4.69) is 27.8 Å². The van der Waals surface area contributed by atoms with Crippen LogP contribution in [0.4, 0.5) is 0 Å². The van der Waals surface area contributed by atoms with E-state index in [9.17, 15) is 9.59 Å². The summed E-state index contributed by atoms with van der Waals surface area (Å²) in [6.07, 6.45) is 6.33. The van der Waals surface area contributed by atoms with Crippen LogP contribution in [0.1, 0.15) is 35.2 Å². The van der Waals surface area contributed by atoms with Crippen molar-refractivity contribution in [2.24, 2.45) is 5.92 Å². The average molecular weight is 451 g/mol. The van der Waals surface area contributed by atoms with Crippen LogP contribution in [0.5, 0.6) is 0 Å². The van der Waals surface area contributed by atoms with Gasteiger partial charge < -0.3 is 10.1 Å². The van der Waals surface area contributed by atoms with E-state index >= 15 is 0 Å². The largest absolute Gasteiger partial charge is 0.469 e. The molecule has 0 aliphatic heterocycles. The number of esters is 1. The van der Waals surface area contributed by atoms with Crippen molar-refractivity contribution in [2.45, 2.75) is 36.7 Å². The third-order valence-corrected chi connectivity index (χ3v) is 6.56.